The summed E-state index contributed by atoms with van der Waals surface area (Å²) in [7, 11) is 0. The Balaban J connectivity index is 1.45. The fourth-order valence-electron chi connectivity index (χ4n) is 3.51. The van der Waals surface area contributed by atoms with Crippen molar-refractivity contribution in [2.45, 2.75) is 44.7 Å². The van der Waals surface area contributed by atoms with Gasteiger partial charge in [0.05, 0.1) is 5.69 Å². The van der Waals surface area contributed by atoms with E-state index in [0.29, 0.717) is 6.04 Å². The van der Waals surface area contributed by atoms with E-state index in [9.17, 15) is 0 Å². The van der Waals surface area contributed by atoms with E-state index in [1.165, 1.54) is 37.7 Å². The maximum absolute atomic E-state index is 4.76. The number of nitrogens with zero attached hydrogens (tertiary/aromatic N) is 3. The molecule has 27 heavy (non-hydrogen) atoms. The molecule has 2 N–H and O–H groups in total. The molecule has 0 amide bonds. The van der Waals surface area contributed by atoms with Crippen LogP contribution in [-0.4, -0.2) is 21.0 Å². The van der Waals surface area contributed by atoms with Gasteiger partial charge in [-0.2, -0.15) is 0 Å². The van der Waals surface area contributed by atoms with Crippen molar-refractivity contribution in [1.29, 1.82) is 0 Å². The first-order chi connectivity index (χ1) is 13.4. The molecule has 0 bridgehead atoms. The van der Waals surface area contributed by atoms with Crippen LogP contribution >= 0.6 is 0 Å². The molecule has 0 saturated heterocycles. The van der Waals surface area contributed by atoms with Gasteiger partial charge in [0.1, 0.15) is 11.6 Å². The number of pyridine rings is 3. The Morgan fingerprint density at radius 2 is 1.74 bits per heavy atom. The molecule has 0 spiro atoms. The molecule has 1 fully saturated rings. The van der Waals surface area contributed by atoms with E-state index in [0.717, 1.165) is 29.4 Å². The average Bonchev–Trinajstić information content (AvgIpc) is 2.74. The molecule has 138 valence electrons. The molecule has 0 atom stereocenters. The third kappa shape index (κ3) is 4.82. The van der Waals surface area contributed by atoms with Gasteiger partial charge in [-0.15, -0.1) is 0 Å². The van der Waals surface area contributed by atoms with E-state index < -0.39 is 0 Å². The van der Waals surface area contributed by atoms with E-state index >= 15 is 0 Å². The van der Waals surface area contributed by atoms with Gasteiger partial charge in [0.2, 0.25) is 0 Å². The van der Waals surface area contributed by atoms with Gasteiger partial charge < -0.3 is 10.6 Å². The fourth-order valence-corrected chi connectivity index (χ4v) is 3.51. The number of nitrogens with one attached hydrogen (secondary N) is 2. The smallest absolute Gasteiger partial charge is 0.126 e. The zero-order chi connectivity index (χ0) is 18.3. The van der Waals surface area contributed by atoms with Crippen LogP contribution in [0.1, 0.15) is 37.7 Å². The number of hydrogen-bond donors (Lipinski definition) is 2. The Morgan fingerprint density at radius 1 is 0.889 bits per heavy atom. The number of aromatic nitrogens is 3. The SMILES string of the molecule is c1cc(NCc2ccncc2)nc(-c2ccnc(NC3CCCCC3)c2)c1. The van der Waals surface area contributed by atoms with E-state index in [1.54, 1.807) is 12.4 Å². The van der Waals surface area contributed by atoms with Crippen LogP contribution in [0.15, 0.2) is 61.1 Å². The lowest BCUT2D eigenvalue weighted by molar-refractivity contribution is 0.462. The lowest BCUT2D eigenvalue weighted by Gasteiger charge is -2.23. The Hall–Kier alpha value is -2.95. The maximum Gasteiger partial charge on any atom is 0.126 e. The monoisotopic (exact) mass is 359 g/mol. The van der Waals surface area contributed by atoms with Gasteiger partial charge in [0.15, 0.2) is 0 Å². The minimum absolute atomic E-state index is 0.544. The molecule has 1 aliphatic carbocycles. The topological polar surface area (TPSA) is 62.7 Å². The summed E-state index contributed by atoms with van der Waals surface area (Å²) >= 11 is 0. The number of anilines is 2. The fraction of sp³-hybridized carbons (Fsp3) is 0.318. The van der Waals surface area contributed by atoms with Crippen LogP contribution in [0, 0.1) is 0 Å². The summed E-state index contributed by atoms with van der Waals surface area (Å²) < 4.78 is 0. The van der Waals surface area contributed by atoms with Gasteiger partial charge in [-0.1, -0.05) is 25.3 Å². The highest BCUT2D eigenvalue weighted by Crippen LogP contribution is 2.24. The first kappa shape index (κ1) is 17.5. The molecule has 3 aromatic heterocycles. The van der Waals surface area contributed by atoms with E-state index in [1.807, 2.05) is 42.6 Å². The van der Waals surface area contributed by atoms with Crippen molar-refractivity contribution in [1.82, 2.24) is 15.0 Å². The van der Waals surface area contributed by atoms with E-state index in [4.69, 9.17) is 4.98 Å². The van der Waals surface area contributed by atoms with Crippen LogP contribution in [0.2, 0.25) is 0 Å². The summed E-state index contributed by atoms with van der Waals surface area (Å²) in [5.74, 6) is 1.80. The number of rotatable bonds is 6. The van der Waals surface area contributed by atoms with Gasteiger partial charge in [0, 0.05) is 36.7 Å². The highest BCUT2D eigenvalue weighted by atomic mass is 15.0. The summed E-state index contributed by atoms with van der Waals surface area (Å²) in [4.78, 5) is 13.3. The second kappa shape index (κ2) is 8.62. The number of hydrogen-bond acceptors (Lipinski definition) is 5. The third-order valence-corrected chi connectivity index (χ3v) is 4.98. The maximum atomic E-state index is 4.76. The molecule has 0 radical (unpaired) electrons. The van der Waals surface area contributed by atoms with Crippen molar-refractivity contribution >= 4 is 11.6 Å². The highest BCUT2D eigenvalue weighted by Gasteiger charge is 2.13. The quantitative estimate of drug-likeness (QED) is 0.656. The molecule has 5 nitrogen and oxygen atoms in total. The Kier molecular flexibility index (Phi) is 5.58. The van der Waals surface area contributed by atoms with E-state index in [2.05, 4.69) is 26.7 Å². The van der Waals surface area contributed by atoms with Crippen molar-refractivity contribution < 1.29 is 0 Å². The zero-order valence-electron chi connectivity index (χ0n) is 15.4. The van der Waals surface area contributed by atoms with Crippen molar-refractivity contribution in [3.05, 3.63) is 66.6 Å². The average molecular weight is 359 g/mol. The zero-order valence-corrected chi connectivity index (χ0v) is 15.4. The van der Waals surface area contributed by atoms with Gasteiger partial charge in [-0.25, -0.2) is 9.97 Å². The Morgan fingerprint density at radius 3 is 2.59 bits per heavy atom. The molecule has 3 heterocycles. The second-order valence-corrected chi connectivity index (χ2v) is 7.03. The van der Waals surface area contributed by atoms with Crippen molar-refractivity contribution in [2.75, 3.05) is 10.6 Å². The largest absolute Gasteiger partial charge is 0.367 e. The standard InChI is InChI=1S/C22H25N5/c1-2-5-19(6-3-1)26-22-15-18(11-14-24-22)20-7-4-8-21(27-20)25-16-17-9-12-23-13-10-17/h4,7-15,19H,1-3,5-6,16H2,(H,24,26)(H,25,27). The summed E-state index contributed by atoms with van der Waals surface area (Å²) in [5.41, 5.74) is 3.21. The predicted molar refractivity (Wildman–Crippen MR) is 110 cm³/mol. The summed E-state index contributed by atoms with van der Waals surface area (Å²) in [6.45, 7) is 0.726. The Bertz CT molecular complexity index is 859. The van der Waals surface area contributed by atoms with Crippen molar-refractivity contribution in [3.8, 4) is 11.3 Å². The van der Waals surface area contributed by atoms with Crippen LogP contribution in [0.25, 0.3) is 11.3 Å². The molecular weight excluding hydrogens is 334 g/mol. The summed E-state index contributed by atoms with van der Waals surface area (Å²) in [6.07, 6.45) is 11.9. The lowest BCUT2D eigenvalue weighted by atomic mass is 9.95. The molecule has 0 unspecified atom stereocenters. The minimum Gasteiger partial charge on any atom is -0.367 e. The van der Waals surface area contributed by atoms with Gasteiger partial charge in [-0.3, -0.25) is 4.98 Å². The summed E-state index contributed by atoms with van der Waals surface area (Å²) in [6, 6.07) is 14.7. The summed E-state index contributed by atoms with van der Waals surface area (Å²) in [5, 5.41) is 6.97. The molecule has 0 aliphatic heterocycles. The van der Waals surface area contributed by atoms with Gasteiger partial charge >= 0.3 is 0 Å². The van der Waals surface area contributed by atoms with Gasteiger partial charge in [-0.05, 0) is 54.8 Å². The second-order valence-electron chi connectivity index (χ2n) is 7.03. The van der Waals surface area contributed by atoms with Crippen LogP contribution < -0.4 is 10.6 Å². The molecule has 3 aromatic rings. The molecular formula is C22H25N5. The lowest BCUT2D eigenvalue weighted by Crippen LogP contribution is -2.22. The third-order valence-electron chi connectivity index (χ3n) is 4.98. The van der Waals surface area contributed by atoms with Crippen LogP contribution in [0.3, 0.4) is 0 Å². The molecule has 1 aliphatic rings. The molecule has 0 aromatic carbocycles. The van der Waals surface area contributed by atoms with Crippen LogP contribution in [-0.2, 0) is 6.54 Å². The van der Waals surface area contributed by atoms with Crippen molar-refractivity contribution in [2.24, 2.45) is 0 Å². The van der Waals surface area contributed by atoms with E-state index in [-0.39, 0.29) is 0 Å². The first-order valence-electron chi connectivity index (χ1n) is 9.70. The minimum atomic E-state index is 0.544. The van der Waals surface area contributed by atoms with Crippen LogP contribution in [0.4, 0.5) is 11.6 Å². The molecule has 4 rings (SSSR count). The molecule has 1 saturated carbocycles. The predicted octanol–water partition coefficient (Wildman–Crippen LogP) is 4.90. The normalized spacial score (nSPS) is 14.7. The first-order valence-corrected chi connectivity index (χ1v) is 9.70. The molecule has 5 heteroatoms. The highest BCUT2D eigenvalue weighted by molar-refractivity contribution is 5.64. The Labute approximate surface area is 160 Å². The van der Waals surface area contributed by atoms with Gasteiger partial charge in [0.25, 0.3) is 0 Å². The van der Waals surface area contributed by atoms with Crippen LogP contribution in [0.5, 0.6) is 0 Å². The van der Waals surface area contributed by atoms with Crippen molar-refractivity contribution in [3.63, 3.8) is 0 Å².